The largest absolute Gasteiger partial charge is 0.324 e. The summed E-state index contributed by atoms with van der Waals surface area (Å²) >= 11 is 0. The standard InChI is InChI=1S/C43H37N3/c1-42(2)35-15-9-7-13-31(35)33-21-19-29(24-37(33)42)40-44-39(28-18-17-26-11-5-6-12-27(26)23-28)45-41(46-40)30-20-22-34-32-14-8-10-16-36(32)43(3,4)38(34)25-30/h5-19,21-25,30,41H,20H2,1-4H3,(H,44,45,46). The minimum atomic E-state index is -0.235. The van der Waals surface area contributed by atoms with Crippen LogP contribution in [0.25, 0.3) is 27.5 Å². The van der Waals surface area contributed by atoms with E-state index in [0.29, 0.717) is 0 Å². The van der Waals surface area contributed by atoms with E-state index in [1.165, 1.54) is 55.3 Å². The first kappa shape index (κ1) is 27.3. The molecule has 5 aromatic rings. The summed E-state index contributed by atoms with van der Waals surface area (Å²) in [6, 6.07) is 39.7. The van der Waals surface area contributed by atoms with E-state index in [-0.39, 0.29) is 22.9 Å². The Labute approximate surface area is 271 Å². The Morgan fingerprint density at radius 1 is 0.587 bits per heavy atom. The van der Waals surface area contributed by atoms with Crippen molar-refractivity contribution in [1.29, 1.82) is 0 Å². The zero-order valence-corrected chi connectivity index (χ0v) is 26.8. The first-order valence-corrected chi connectivity index (χ1v) is 16.5. The molecule has 0 amide bonds. The summed E-state index contributed by atoms with van der Waals surface area (Å²) in [5.74, 6) is 1.93. The van der Waals surface area contributed by atoms with Gasteiger partial charge < -0.3 is 5.32 Å². The van der Waals surface area contributed by atoms with Crippen LogP contribution in [0.3, 0.4) is 0 Å². The van der Waals surface area contributed by atoms with E-state index in [1.807, 2.05) is 0 Å². The molecule has 0 saturated heterocycles. The number of nitrogens with zero attached hydrogens (tertiary/aromatic N) is 2. The van der Waals surface area contributed by atoms with Gasteiger partial charge in [-0.05, 0) is 73.9 Å². The molecule has 2 unspecified atom stereocenters. The predicted octanol–water partition coefficient (Wildman–Crippen LogP) is 9.59. The van der Waals surface area contributed by atoms with Crippen molar-refractivity contribution in [2.24, 2.45) is 15.9 Å². The monoisotopic (exact) mass is 595 g/mol. The molecule has 1 heterocycles. The molecule has 0 saturated carbocycles. The minimum absolute atomic E-state index is 0.0496. The molecule has 1 aliphatic heterocycles. The Morgan fingerprint density at radius 3 is 1.98 bits per heavy atom. The lowest BCUT2D eigenvalue weighted by Crippen LogP contribution is -2.39. The van der Waals surface area contributed by atoms with E-state index in [1.54, 1.807) is 0 Å². The molecule has 0 radical (unpaired) electrons. The molecule has 0 aromatic heterocycles. The lowest BCUT2D eigenvalue weighted by molar-refractivity contribution is 0.507. The van der Waals surface area contributed by atoms with Gasteiger partial charge in [-0.15, -0.1) is 0 Å². The van der Waals surface area contributed by atoms with Crippen molar-refractivity contribution in [1.82, 2.24) is 5.32 Å². The second-order valence-corrected chi connectivity index (χ2v) is 14.3. The van der Waals surface area contributed by atoms with Crippen molar-refractivity contribution in [2.75, 3.05) is 0 Å². The average molecular weight is 596 g/mol. The number of hydrogen-bond acceptors (Lipinski definition) is 3. The van der Waals surface area contributed by atoms with Gasteiger partial charge in [0.25, 0.3) is 0 Å². The number of amidine groups is 2. The van der Waals surface area contributed by atoms with Gasteiger partial charge in [0, 0.05) is 27.9 Å². The predicted molar refractivity (Wildman–Crippen MR) is 192 cm³/mol. The van der Waals surface area contributed by atoms with Gasteiger partial charge in [0.2, 0.25) is 0 Å². The first-order chi connectivity index (χ1) is 22.3. The maximum Gasteiger partial charge on any atom is 0.150 e. The molecule has 1 N–H and O–H groups in total. The van der Waals surface area contributed by atoms with Crippen LogP contribution >= 0.6 is 0 Å². The zero-order valence-electron chi connectivity index (χ0n) is 26.8. The Bertz CT molecular complexity index is 2220. The Kier molecular flexibility index (Phi) is 5.78. The number of nitrogens with one attached hydrogen (secondary N) is 1. The van der Waals surface area contributed by atoms with Crippen LogP contribution in [0, 0.1) is 5.92 Å². The van der Waals surface area contributed by atoms with Crippen LogP contribution in [0.5, 0.6) is 0 Å². The van der Waals surface area contributed by atoms with Crippen molar-refractivity contribution in [3.8, 4) is 11.1 Å². The molecule has 0 fully saturated rings. The summed E-state index contributed by atoms with van der Waals surface area (Å²) in [6.45, 7) is 9.38. The van der Waals surface area contributed by atoms with Gasteiger partial charge in [-0.3, -0.25) is 0 Å². The molecule has 4 aliphatic rings. The second-order valence-electron chi connectivity index (χ2n) is 14.3. The van der Waals surface area contributed by atoms with Crippen molar-refractivity contribution in [3.05, 3.63) is 160 Å². The van der Waals surface area contributed by atoms with Gasteiger partial charge in [0.1, 0.15) is 11.7 Å². The van der Waals surface area contributed by atoms with Gasteiger partial charge in [0.15, 0.2) is 6.17 Å². The number of allylic oxidation sites excluding steroid dienone is 3. The van der Waals surface area contributed by atoms with Gasteiger partial charge in [0.05, 0.1) is 0 Å². The Morgan fingerprint density at radius 2 is 1.20 bits per heavy atom. The van der Waals surface area contributed by atoms with E-state index in [4.69, 9.17) is 9.98 Å². The molecule has 46 heavy (non-hydrogen) atoms. The normalized spacial score (nSPS) is 21.6. The quantitative estimate of drug-likeness (QED) is 0.222. The summed E-state index contributed by atoms with van der Waals surface area (Å²) in [6.07, 6.45) is 5.59. The maximum atomic E-state index is 5.39. The number of hydrogen-bond donors (Lipinski definition) is 1. The van der Waals surface area contributed by atoms with Crippen LogP contribution in [-0.2, 0) is 10.8 Å². The van der Waals surface area contributed by atoms with Gasteiger partial charge >= 0.3 is 0 Å². The Hall–Kier alpha value is -5.02. The van der Waals surface area contributed by atoms with E-state index >= 15 is 0 Å². The molecule has 3 nitrogen and oxygen atoms in total. The number of rotatable bonds is 3. The molecule has 0 bridgehead atoms. The van der Waals surface area contributed by atoms with Crippen LogP contribution in [0.4, 0.5) is 0 Å². The van der Waals surface area contributed by atoms with E-state index in [2.05, 4.69) is 154 Å². The lowest BCUT2D eigenvalue weighted by Gasteiger charge is -2.30. The third-order valence-corrected chi connectivity index (χ3v) is 10.9. The first-order valence-electron chi connectivity index (χ1n) is 16.5. The SMILES string of the molecule is CC1(C)C2=CC(C3N=C(c4ccc5c(c4)C(C)(C)c4ccccc4-5)NC(c4ccc5ccccc5c4)=N3)CC=C2c2ccccc21. The minimum Gasteiger partial charge on any atom is -0.324 e. The molecule has 5 aromatic carbocycles. The van der Waals surface area contributed by atoms with Crippen molar-refractivity contribution in [2.45, 2.75) is 51.1 Å². The van der Waals surface area contributed by atoms with Crippen LogP contribution in [0.1, 0.15) is 67.5 Å². The van der Waals surface area contributed by atoms with E-state index < -0.39 is 0 Å². The number of fused-ring (bicyclic) bond motifs is 7. The molecule has 3 aliphatic carbocycles. The third kappa shape index (κ3) is 3.97. The smallest absolute Gasteiger partial charge is 0.150 e. The third-order valence-electron chi connectivity index (χ3n) is 10.9. The summed E-state index contributed by atoms with van der Waals surface area (Å²) < 4.78 is 0. The molecule has 0 spiro atoms. The number of aliphatic imine (C=N–C) groups is 2. The second kappa shape index (κ2) is 9.74. The molecular weight excluding hydrogens is 558 g/mol. The molecular formula is C43H37N3. The fourth-order valence-electron chi connectivity index (χ4n) is 8.29. The highest BCUT2D eigenvalue weighted by Gasteiger charge is 2.41. The number of benzene rings is 5. The van der Waals surface area contributed by atoms with Gasteiger partial charge in [-0.2, -0.15) is 0 Å². The molecule has 2 atom stereocenters. The van der Waals surface area contributed by atoms with E-state index in [9.17, 15) is 0 Å². The molecule has 224 valence electrons. The van der Waals surface area contributed by atoms with Crippen molar-refractivity contribution < 1.29 is 0 Å². The van der Waals surface area contributed by atoms with Gasteiger partial charge in [-0.25, -0.2) is 9.98 Å². The molecule has 9 rings (SSSR count). The highest BCUT2D eigenvalue weighted by molar-refractivity contribution is 6.17. The van der Waals surface area contributed by atoms with Crippen LogP contribution < -0.4 is 5.32 Å². The van der Waals surface area contributed by atoms with Crippen LogP contribution in [0.15, 0.2) is 137 Å². The fraction of sp³-hybridized carbons (Fsp3) is 0.209. The van der Waals surface area contributed by atoms with Gasteiger partial charge in [-0.1, -0.05) is 137 Å². The van der Waals surface area contributed by atoms with Crippen molar-refractivity contribution >= 4 is 28.0 Å². The highest BCUT2D eigenvalue weighted by atomic mass is 15.2. The topological polar surface area (TPSA) is 36.8 Å². The summed E-state index contributed by atoms with van der Waals surface area (Å²) in [7, 11) is 0. The Balaban J connectivity index is 1.15. The summed E-state index contributed by atoms with van der Waals surface area (Å²) in [5.41, 5.74) is 13.0. The van der Waals surface area contributed by atoms with Crippen molar-refractivity contribution in [3.63, 3.8) is 0 Å². The maximum absolute atomic E-state index is 5.39. The zero-order chi connectivity index (χ0) is 31.2. The van der Waals surface area contributed by atoms with E-state index in [0.717, 1.165) is 29.2 Å². The molecule has 3 heteroatoms. The fourth-order valence-corrected chi connectivity index (χ4v) is 8.29. The van der Waals surface area contributed by atoms with Crippen LogP contribution in [-0.4, -0.2) is 17.8 Å². The summed E-state index contributed by atoms with van der Waals surface area (Å²) in [5, 5.41) is 6.14. The van der Waals surface area contributed by atoms with Crippen LogP contribution in [0.2, 0.25) is 0 Å². The summed E-state index contributed by atoms with van der Waals surface area (Å²) in [4.78, 5) is 10.7. The average Bonchev–Trinajstić information content (AvgIpc) is 3.47. The lowest BCUT2D eigenvalue weighted by atomic mass is 9.78. The highest BCUT2D eigenvalue weighted by Crippen LogP contribution is 2.52.